The van der Waals surface area contributed by atoms with Crippen LogP contribution in [0.25, 0.3) is 10.9 Å². The fraction of sp³-hybridized carbons (Fsp3) is 0.0714. The Morgan fingerprint density at radius 1 is 0.944 bits per heavy atom. The van der Waals surface area contributed by atoms with Gasteiger partial charge in [-0.2, -0.15) is 10.2 Å². The summed E-state index contributed by atoms with van der Waals surface area (Å²) in [5.74, 6) is 0. The minimum absolute atomic E-state index is 0.237. The molecule has 0 aliphatic carbocycles. The summed E-state index contributed by atoms with van der Waals surface area (Å²) in [5, 5.41) is 8.71. The lowest BCUT2D eigenvalue weighted by Crippen LogP contribution is -2.13. The molecule has 0 bridgehead atoms. The van der Waals surface area contributed by atoms with Crippen LogP contribution in [0, 0.1) is 0 Å². The second-order valence-corrected chi connectivity index (χ2v) is 4.08. The highest BCUT2D eigenvalue weighted by molar-refractivity contribution is 5.82. The van der Waals surface area contributed by atoms with Crippen LogP contribution in [-0.4, -0.2) is 15.2 Å². The molecule has 0 spiro atoms. The number of aromatic nitrogens is 3. The second kappa shape index (κ2) is 4.50. The van der Waals surface area contributed by atoms with Crippen LogP contribution < -0.4 is 5.73 Å². The standard InChI is InChI=1S/C14H12N4/c15-13(11-6-8-17-18-9-11)12-5-1-3-10-4-2-7-16-14(10)12/h1-9,13H,15H2. The van der Waals surface area contributed by atoms with Crippen molar-refractivity contribution in [3.63, 3.8) is 0 Å². The van der Waals surface area contributed by atoms with Crippen LogP contribution in [-0.2, 0) is 0 Å². The molecule has 0 fully saturated rings. The lowest BCUT2D eigenvalue weighted by Gasteiger charge is -2.13. The Balaban J connectivity index is 2.15. The summed E-state index contributed by atoms with van der Waals surface area (Å²) in [4.78, 5) is 4.41. The maximum absolute atomic E-state index is 6.27. The van der Waals surface area contributed by atoms with E-state index in [-0.39, 0.29) is 6.04 Å². The summed E-state index contributed by atoms with van der Waals surface area (Å²) in [6.45, 7) is 0. The highest BCUT2D eigenvalue weighted by Gasteiger charge is 2.12. The quantitative estimate of drug-likeness (QED) is 0.739. The zero-order chi connectivity index (χ0) is 12.4. The van der Waals surface area contributed by atoms with E-state index >= 15 is 0 Å². The predicted molar refractivity (Wildman–Crippen MR) is 69.8 cm³/mol. The number of rotatable bonds is 2. The van der Waals surface area contributed by atoms with Crippen LogP contribution in [0.4, 0.5) is 0 Å². The van der Waals surface area contributed by atoms with Gasteiger partial charge < -0.3 is 5.73 Å². The monoisotopic (exact) mass is 236 g/mol. The number of hydrogen-bond acceptors (Lipinski definition) is 4. The molecule has 0 saturated heterocycles. The van der Waals surface area contributed by atoms with E-state index in [0.29, 0.717) is 0 Å². The molecule has 0 aliphatic rings. The third-order valence-corrected chi connectivity index (χ3v) is 2.97. The van der Waals surface area contributed by atoms with Crippen molar-refractivity contribution in [2.75, 3.05) is 0 Å². The van der Waals surface area contributed by atoms with Crippen LogP contribution in [0.1, 0.15) is 17.2 Å². The first-order valence-corrected chi connectivity index (χ1v) is 5.72. The fourth-order valence-electron chi connectivity index (χ4n) is 2.04. The Labute approximate surface area is 105 Å². The Kier molecular flexibility index (Phi) is 2.70. The molecule has 1 aromatic carbocycles. The maximum atomic E-state index is 6.27. The number of fused-ring (bicyclic) bond motifs is 1. The van der Waals surface area contributed by atoms with Gasteiger partial charge in [0.05, 0.1) is 17.8 Å². The van der Waals surface area contributed by atoms with Crippen molar-refractivity contribution in [2.24, 2.45) is 5.73 Å². The highest BCUT2D eigenvalue weighted by Crippen LogP contribution is 2.24. The average molecular weight is 236 g/mol. The summed E-state index contributed by atoms with van der Waals surface area (Å²) in [5.41, 5.74) is 9.14. The predicted octanol–water partition coefficient (Wildman–Crippen LogP) is 2.07. The number of para-hydroxylation sites is 1. The molecule has 0 saturated carbocycles. The molecule has 2 N–H and O–H groups in total. The first-order chi connectivity index (χ1) is 8.86. The van der Waals surface area contributed by atoms with Crippen molar-refractivity contribution < 1.29 is 0 Å². The SMILES string of the molecule is NC(c1ccnnc1)c1cccc2cccnc12. The molecule has 2 aromatic heterocycles. The zero-order valence-corrected chi connectivity index (χ0v) is 9.69. The molecule has 2 heterocycles. The Hall–Kier alpha value is -2.33. The van der Waals surface area contributed by atoms with Crippen LogP contribution in [0.5, 0.6) is 0 Å². The molecule has 1 atom stereocenters. The maximum Gasteiger partial charge on any atom is 0.0753 e. The van der Waals surface area contributed by atoms with E-state index in [4.69, 9.17) is 5.73 Å². The normalized spacial score (nSPS) is 12.5. The van der Waals surface area contributed by atoms with E-state index in [1.54, 1.807) is 18.6 Å². The molecular weight excluding hydrogens is 224 g/mol. The fourth-order valence-corrected chi connectivity index (χ4v) is 2.04. The van der Waals surface area contributed by atoms with Crippen LogP contribution >= 0.6 is 0 Å². The Morgan fingerprint density at radius 3 is 2.67 bits per heavy atom. The minimum Gasteiger partial charge on any atom is -0.320 e. The Bertz CT molecular complexity index is 661. The van der Waals surface area contributed by atoms with E-state index in [1.807, 2.05) is 36.4 Å². The molecule has 4 heteroatoms. The third kappa shape index (κ3) is 1.83. The van der Waals surface area contributed by atoms with E-state index in [9.17, 15) is 0 Å². The van der Waals surface area contributed by atoms with Crippen LogP contribution in [0.15, 0.2) is 55.0 Å². The summed E-state index contributed by atoms with van der Waals surface area (Å²) in [7, 11) is 0. The van der Waals surface area contributed by atoms with Gasteiger partial charge in [-0.15, -0.1) is 0 Å². The van der Waals surface area contributed by atoms with Gasteiger partial charge in [0.25, 0.3) is 0 Å². The van der Waals surface area contributed by atoms with Crippen LogP contribution in [0.2, 0.25) is 0 Å². The van der Waals surface area contributed by atoms with Crippen molar-refractivity contribution >= 4 is 10.9 Å². The second-order valence-electron chi connectivity index (χ2n) is 4.08. The van der Waals surface area contributed by atoms with Gasteiger partial charge in [-0.25, -0.2) is 0 Å². The van der Waals surface area contributed by atoms with Crippen molar-refractivity contribution in [3.05, 3.63) is 66.1 Å². The molecule has 18 heavy (non-hydrogen) atoms. The summed E-state index contributed by atoms with van der Waals surface area (Å²) in [6, 6.07) is 11.6. The number of benzene rings is 1. The minimum atomic E-state index is -0.237. The van der Waals surface area contributed by atoms with Gasteiger partial charge in [0, 0.05) is 17.8 Å². The van der Waals surface area contributed by atoms with Gasteiger partial charge in [0.1, 0.15) is 0 Å². The molecule has 88 valence electrons. The lowest BCUT2D eigenvalue weighted by molar-refractivity contribution is 0.851. The van der Waals surface area contributed by atoms with E-state index in [1.165, 1.54) is 0 Å². The number of nitrogens with two attached hydrogens (primary N) is 1. The molecule has 0 radical (unpaired) electrons. The zero-order valence-electron chi connectivity index (χ0n) is 9.69. The lowest BCUT2D eigenvalue weighted by atomic mass is 9.99. The van der Waals surface area contributed by atoms with Crippen molar-refractivity contribution in [3.8, 4) is 0 Å². The van der Waals surface area contributed by atoms with Crippen molar-refractivity contribution in [2.45, 2.75) is 6.04 Å². The number of hydrogen-bond donors (Lipinski definition) is 1. The molecular formula is C14H12N4. The van der Waals surface area contributed by atoms with Crippen LogP contribution in [0.3, 0.4) is 0 Å². The molecule has 0 amide bonds. The average Bonchev–Trinajstić information content (AvgIpc) is 2.47. The van der Waals surface area contributed by atoms with E-state index in [2.05, 4.69) is 15.2 Å². The highest BCUT2D eigenvalue weighted by atomic mass is 15.1. The summed E-state index contributed by atoms with van der Waals surface area (Å²) in [6.07, 6.45) is 5.11. The van der Waals surface area contributed by atoms with Crippen molar-refractivity contribution in [1.82, 2.24) is 15.2 Å². The van der Waals surface area contributed by atoms with E-state index in [0.717, 1.165) is 22.0 Å². The molecule has 3 rings (SSSR count). The van der Waals surface area contributed by atoms with Gasteiger partial charge in [-0.1, -0.05) is 24.3 Å². The first-order valence-electron chi connectivity index (χ1n) is 5.72. The molecule has 1 unspecified atom stereocenters. The number of pyridine rings is 1. The molecule has 4 nitrogen and oxygen atoms in total. The smallest absolute Gasteiger partial charge is 0.0753 e. The van der Waals surface area contributed by atoms with Gasteiger partial charge in [0.15, 0.2) is 0 Å². The summed E-state index contributed by atoms with van der Waals surface area (Å²) >= 11 is 0. The third-order valence-electron chi connectivity index (χ3n) is 2.97. The summed E-state index contributed by atoms with van der Waals surface area (Å²) < 4.78 is 0. The van der Waals surface area contributed by atoms with Gasteiger partial charge in [-0.3, -0.25) is 4.98 Å². The van der Waals surface area contributed by atoms with Crippen molar-refractivity contribution in [1.29, 1.82) is 0 Å². The molecule has 0 aliphatic heterocycles. The first kappa shape index (κ1) is 10.8. The molecule has 3 aromatic rings. The Morgan fingerprint density at radius 2 is 1.83 bits per heavy atom. The largest absolute Gasteiger partial charge is 0.320 e. The van der Waals surface area contributed by atoms with Gasteiger partial charge >= 0.3 is 0 Å². The van der Waals surface area contributed by atoms with Gasteiger partial charge in [0.2, 0.25) is 0 Å². The number of nitrogens with zero attached hydrogens (tertiary/aromatic N) is 3. The van der Waals surface area contributed by atoms with E-state index < -0.39 is 0 Å². The topological polar surface area (TPSA) is 64.7 Å². The van der Waals surface area contributed by atoms with Gasteiger partial charge in [-0.05, 0) is 23.3 Å².